The molecule has 12 nitrogen and oxygen atoms in total. The van der Waals surface area contributed by atoms with Gasteiger partial charge in [0, 0.05) is 13.4 Å². The fraction of sp³-hybridized carbons (Fsp3) is 0.0323. The van der Waals surface area contributed by atoms with Crippen molar-refractivity contribution in [1.29, 1.82) is 0 Å². The number of Topliss-reactive ketones (excluding diaryl/α,β-unsaturated/α-hetero) is 2. The van der Waals surface area contributed by atoms with Gasteiger partial charge in [0.2, 0.25) is 11.6 Å². The molecule has 0 aliphatic rings. The summed E-state index contributed by atoms with van der Waals surface area (Å²) in [4.78, 5) is 72.0. The van der Waals surface area contributed by atoms with Crippen LogP contribution in [0.2, 0.25) is 0 Å². The Morgan fingerprint density at radius 1 is 0.512 bits per heavy atom. The molecule has 12 heteroatoms. The number of para-hydroxylation sites is 2. The number of rotatable bonds is 12. The van der Waals surface area contributed by atoms with E-state index in [0.717, 1.165) is 24.3 Å². The summed E-state index contributed by atoms with van der Waals surface area (Å²) >= 11 is 0. The van der Waals surface area contributed by atoms with E-state index in [0.29, 0.717) is 0 Å². The molecule has 43 heavy (non-hydrogen) atoms. The first kappa shape index (κ1) is 29.7. The van der Waals surface area contributed by atoms with Gasteiger partial charge in [0.25, 0.3) is 0 Å². The summed E-state index contributed by atoms with van der Waals surface area (Å²) < 4.78 is 11.4. The Kier molecular flexibility index (Phi) is 8.61. The molecule has 0 unspecified atom stereocenters. The number of carbonyl (C=O) groups excluding carboxylic acids is 2. The first-order valence-corrected chi connectivity index (χ1v) is 12.3. The van der Waals surface area contributed by atoms with Crippen LogP contribution in [0, 0.1) is 0 Å². The highest BCUT2D eigenvalue weighted by Gasteiger charge is 2.24. The summed E-state index contributed by atoms with van der Waals surface area (Å²) in [5.74, 6) is -7.72. The van der Waals surface area contributed by atoms with Crippen LogP contribution < -0.4 is 9.47 Å². The van der Waals surface area contributed by atoms with E-state index in [9.17, 15) is 49.2 Å². The molecule has 0 atom stereocenters. The average Bonchev–Trinajstić information content (AvgIpc) is 2.97. The molecule has 4 aromatic rings. The van der Waals surface area contributed by atoms with Gasteiger partial charge in [-0.2, -0.15) is 0 Å². The van der Waals surface area contributed by atoms with Crippen molar-refractivity contribution in [3.05, 3.63) is 118 Å². The molecule has 4 N–H and O–H groups in total. The third-order valence-corrected chi connectivity index (χ3v) is 6.07. The van der Waals surface area contributed by atoms with Gasteiger partial charge in [-0.25, -0.2) is 19.2 Å². The number of ether oxygens (including phenoxy) is 2. The maximum atomic E-state index is 13.2. The van der Waals surface area contributed by atoms with Crippen LogP contribution in [0.15, 0.2) is 84.9 Å². The third-order valence-electron chi connectivity index (χ3n) is 6.07. The number of hydrogen-bond donors (Lipinski definition) is 4. The number of carbonyl (C=O) groups is 6. The van der Waals surface area contributed by atoms with E-state index in [1.165, 1.54) is 48.5 Å². The molecule has 0 fully saturated rings. The lowest BCUT2D eigenvalue weighted by atomic mass is 10.00. The largest absolute Gasteiger partial charge is 0.478 e. The standard InChI is InChI=1S/C31H20O12.H2/c32-24(13-16-5-1-3-7-25(16)42-17-9-11-19(28(34)35)22(14-17)30(38)39)27(33)21-6-2-4-8-26(21)43-18-10-12-20(29(36)37)23(15-18)31(40)41;/h1-12,14-15H,13H2,(H,34,35)(H,36,37)(H,38,39)(H,40,41);1H. The van der Waals surface area contributed by atoms with Crippen molar-refractivity contribution in [2.75, 3.05) is 0 Å². The first-order valence-electron chi connectivity index (χ1n) is 12.3. The lowest BCUT2D eigenvalue weighted by Gasteiger charge is -2.13. The molecule has 0 amide bonds. The van der Waals surface area contributed by atoms with Gasteiger partial charge in [-0.15, -0.1) is 0 Å². The number of carboxylic acids is 4. The molecular formula is C31H22O12. The molecule has 0 saturated carbocycles. The molecule has 0 spiro atoms. The predicted molar refractivity (Wildman–Crippen MR) is 149 cm³/mol. The first-order chi connectivity index (χ1) is 20.5. The summed E-state index contributed by atoms with van der Waals surface area (Å²) in [7, 11) is 0. The quantitative estimate of drug-likeness (QED) is 0.123. The molecule has 0 aliphatic carbocycles. The van der Waals surface area contributed by atoms with E-state index in [1.54, 1.807) is 12.1 Å². The number of hydrogen-bond acceptors (Lipinski definition) is 8. The Balaban J connectivity index is 0.00000529. The minimum absolute atomic E-state index is 0. The maximum Gasteiger partial charge on any atom is 0.336 e. The zero-order valence-corrected chi connectivity index (χ0v) is 21.8. The average molecular weight is 587 g/mol. The van der Waals surface area contributed by atoms with Crippen LogP contribution in [-0.2, 0) is 11.2 Å². The van der Waals surface area contributed by atoms with E-state index in [4.69, 9.17) is 9.47 Å². The van der Waals surface area contributed by atoms with Crippen molar-refractivity contribution in [3.8, 4) is 23.0 Å². The summed E-state index contributed by atoms with van der Waals surface area (Å²) in [6.07, 6.45) is -0.432. The monoisotopic (exact) mass is 586 g/mol. The molecule has 218 valence electrons. The minimum atomic E-state index is -1.50. The van der Waals surface area contributed by atoms with Gasteiger partial charge in [-0.05, 0) is 54.6 Å². The summed E-state index contributed by atoms with van der Waals surface area (Å²) in [5.41, 5.74) is -1.80. The second-order valence-corrected chi connectivity index (χ2v) is 8.87. The maximum absolute atomic E-state index is 13.2. The Labute approximate surface area is 243 Å². The molecule has 0 aromatic heterocycles. The number of benzene rings is 4. The molecular weight excluding hydrogens is 564 g/mol. The molecule has 0 heterocycles. The molecule has 4 rings (SSSR count). The van der Waals surface area contributed by atoms with E-state index in [2.05, 4.69) is 0 Å². The van der Waals surface area contributed by atoms with Crippen molar-refractivity contribution in [2.45, 2.75) is 6.42 Å². The minimum Gasteiger partial charge on any atom is -0.478 e. The van der Waals surface area contributed by atoms with Gasteiger partial charge in [0.1, 0.15) is 23.0 Å². The SMILES string of the molecule is O=C(Cc1ccccc1Oc1ccc(C(=O)O)c(C(=O)O)c1)C(=O)c1ccccc1Oc1ccc(C(=O)O)c(C(=O)O)c1.[HH]. The molecule has 0 saturated heterocycles. The number of aromatic carboxylic acids is 4. The van der Waals surface area contributed by atoms with E-state index < -0.39 is 64.1 Å². The Bertz CT molecular complexity index is 1810. The predicted octanol–water partition coefficient (Wildman–Crippen LogP) is 5.30. The van der Waals surface area contributed by atoms with E-state index in [-0.39, 0.29) is 35.6 Å². The zero-order valence-electron chi connectivity index (χ0n) is 21.8. The lowest BCUT2D eigenvalue weighted by Crippen LogP contribution is -2.18. The highest BCUT2D eigenvalue weighted by atomic mass is 16.5. The highest BCUT2D eigenvalue weighted by molar-refractivity contribution is 6.44. The van der Waals surface area contributed by atoms with Crippen molar-refractivity contribution in [2.24, 2.45) is 0 Å². The van der Waals surface area contributed by atoms with Crippen molar-refractivity contribution >= 4 is 35.4 Å². The van der Waals surface area contributed by atoms with Gasteiger partial charge in [0.15, 0.2) is 0 Å². The zero-order chi connectivity index (χ0) is 31.3. The molecule has 0 aliphatic heterocycles. The van der Waals surface area contributed by atoms with Gasteiger partial charge in [-0.1, -0.05) is 30.3 Å². The van der Waals surface area contributed by atoms with Crippen LogP contribution in [0.3, 0.4) is 0 Å². The Hall–Kier alpha value is -6.30. The van der Waals surface area contributed by atoms with Crippen LogP contribution in [0.25, 0.3) is 0 Å². The second-order valence-electron chi connectivity index (χ2n) is 8.87. The molecule has 0 radical (unpaired) electrons. The molecule has 0 bridgehead atoms. The van der Waals surface area contributed by atoms with Crippen molar-refractivity contribution in [3.63, 3.8) is 0 Å². The van der Waals surface area contributed by atoms with Crippen LogP contribution in [-0.4, -0.2) is 55.9 Å². The number of carboxylic acid groups (broad SMARTS) is 4. The van der Waals surface area contributed by atoms with E-state index >= 15 is 0 Å². The number of ketones is 2. The highest BCUT2D eigenvalue weighted by Crippen LogP contribution is 2.30. The molecule has 4 aromatic carbocycles. The summed E-state index contributed by atoms with van der Waals surface area (Å²) in [6.45, 7) is 0. The normalized spacial score (nSPS) is 10.4. The van der Waals surface area contributed by atoms with E-state index in [1.807, 2.05) is 0 Å². The third kappa shape index (κ3) is 6.72. The van der Waals surface area contributed by atoms with Gasteiger partial charge in [-0.3, -0.25) is 9.59 Å². The van der Waals surface area contributed by atoms with Crippen LogP contribution >= 0.6 is 0 Å². The Morgan fingerprint density at radius 3 is 1.47 bits per heavy atom. The van der Waals surface area contributed by atoms with Gasteiger partial charge < -0.3 is 29.9 Å². The van der Waals surface area contributed by atoms with Crippen LogP contribution in [0.1, 0.15) is 58.8 Å². The fourth-order valence-corrected chi connectivity index (χ4v) is 4.05. The lowest BCUT2D eigenvalue weighted by molar-refractivity contribution is -0.114. The topological polar surface area (TPSA) is 202 Å². The second kappa shape index (κ2) is 12.5. The summed E-state index contributed by atoms with van der Waals surface area (Å²) in [5, 5.41) is 37.2. The Morgan fingerprint density at radius 2 is 0.953 bits per heavy atom. The van der Waals surface area contributed by atoms with Crippen molar-refractivity contribution < 1.29 is 60.1 Å². The van der Waals surface area contributed by atoms with Crippen molar-refractivity contribution in [1.82, 2.24) is 0 Å². The van der Waals surface area contributed by atoms with Crippen LogP contribution in [0.5, 0.6) is 23.0 Å². The summed E-state index contributed by atoms with van der Waals surface area (Å²) in [6, 6.07) is 18.5. The van der Waals surface area contributed by atoms with Gasteiger partial charge >= 0.3 is 23.9 Å². The fourth-order valence-electron chi connectivity index (χ4n) is 4.05. The van der Waals surface area contributed by atoms with Crippen LogP contribution in [0.4, 0.5) is 0 Å². The smallest absolute Gasteiger partial charge is 0.336 e. The van der Waals surface area contributed by atoms with Gasteiger partial charge in [0.05, 0.1) is 27.8 Å².